The molecule has 2 aromatic rings. The Morgan fingerprint density at radius 2 is 1.87 bits per heavy atom. The minimum atomic E-state index is -0.907. The predicted octanol–water partition coefficient (Wildman–Crippen LogP) is 3.40. The second-order valence-corrected chi connectivity index (χ2v) is 5.88. The number of hydrogen-bond acceptors (Lipinski definition) is 5. The van der Waals surface area contributed by atoms with Gasteiger partial charge >= 0.3 is 0 Å². The largest absolute Gasteiger partial charge is 0.508 e. The fraction of sp³-hybridized carbons (Fsp3) is 0.0625. The van der Waals surface area contributed by atoms with Gasteiger partial charge < -0.3 is 25.0 Å². The van der Waals surface area contributed by atoms with Crippen molar-refractivity contribution in [1.82, 2.24) is 0 Å². The number of carbonyl (C=O) groups excluding carboxylic acids is 1. The van der Waals surface area contributed by atoms with Gasteiger partial charge in [-0.1, -0.05) is 0 Å². The highest BCUT2D eigenvalue weighted by Crippen LogP contribution is 2.45. The summed E-state index contributed by atoms with van der Waals surface area (Å²) in [6.07, 6.45) is 2.16. The van der Waals surface area contributed by atoms with Crippen LogP contribution in [0, 0.1) is 5.82 Å². The summed E-state index contributed by atoms with van der Waals surface area (Å²) in [5.74, 6) is -1.70. The van der Waals surface area contributed by atoms with E-state index in [0.717, 1.165) is 12.1 Å². The third kappa shape index (κ3) is 2.53. The van der Waals surface area contributed by atoms with Crippen LogP contribution in [-0.4, -0.2) is 21.6 Å². The van der Waals surface area contributed by atoms with Gasteiger partial charge in [-0.05, 0) is 34.1 Å². The molecule has 0 amide bonds. The minimum absolute atomic E-state index is 0.139. The van der Waals surface area contributed by atoms with Gasteiger partial charge in [0, 0.05) is 39.6 Å². The van der Waals surface area contributed by atoms with E-state index in [1.807, 2.05) is 0 Å². The van der Waals surface area contributed by atoms with Crippen LogP contribution < -0.4 is 4.90 Å². The Bertz CT molecular complexity index is 837. The van der Waals surface area contributed by atoms with Gasteiger partial charge in [0.2, 0.25) is 0 Å². The van der Waals surface area contributed by atoms with Gasteiger partial charge in [0.15, 0.2) is 11.6 Å². The Balaban J connectivity index is 2.19. The first-order valence-electron chi connectivity index (χ1n) is 6.58. The lowest BCUT2D eigenvalue weighted by molar-refractivity contribution is -0.109. The molecule has 0 aliphatic carbocycles. The molecule has 1 unspecified atom stereocenters. The molecule has 0 saturated carbocycles. The number of anilines is 1. The van der Waals surface area contributed by atoms with Crippen molar-refractivity contribution >= 4 is 32.4 Å². The highest BCUT2D eigenvalue weighted by atomic mass is 79.9. The Kier molecular flexibility index (Phi) is 3.73. The Labute approximate surface area is 139 Å². The molecule has 23 heavy (non-hydrogen) atoms. The SMILES string of the molecule is O=CC1c2c(O)cc(O)cc2C(Br)=CN1c1ccc(O)c(F)c1. The molecular formula is C16H11BrFNO4. The number of aldehydes is 1. The van der Waals surface area contributed by atoms with Gasteiger partial charge in [-0.15, -0.1) is 0 Å². The van der Waals surface area contributed by atoms with Gasteiger partial charge in [0.25, 0.3) is 0 Å². The van der Waals surface area contributed by atoms with E-state index in [9.17, 15) is 24.5 Å². The van der Waals surface area contributed by atoms with Crippen LogP contribution in [0.1, 0.15) is 17.2 Å². The van der Waals surface area contributed by atoms with Crippen molar-refractivity contribution in [3.8, 4) is 17.2 Å². The van der Waals surface area contributed by atoms with Crippen molar-refractivity contribution in [1.29, 1.82) is 0 Å². The standard InChI is InChI=1S/C16H11BrFNO4/c17-11-6-19(8-1-2-14(22)12(18)3-8)13(7-20)16-10(11)4-9(21)5-15(16)23/h1-7,13,21-23H. The normalized spacial score (nSPS) is 16.7. The summed E-state index contributed by atoms with van der Waals surface area (Å²) >= 11 is 3.32. The van der Waals surface area contributed by atoms with Crippen molar-refractivity contribution in [2.45, 2.75) is 6.04 Å². The van der Waals surface area contributed by atoms with Crippen LogP contribution >= 0.6 is 15.9 Å². The second kappa shape index (κ2) is 5.58. The van der Waals surface area contributed by atoms with Crippen molar-refractivity contribution in [3.05, 3.63) is 53.5 Å². The number of aromatic hydroxyl groups is 3. The van der Waals surface area contributed by atoms with Crippen molar-refractivity contribution in [3.63, 3.8) is 0 Å². The quantitative estimate of drug-likeness (QED) is 0.696. The first-order valence-corrected chi connectivity index (χ1v) is 7.37. The molecule has 0 saturated heterocycles. The summed E-state index contributed by atoms with van der Waals surface area (Å²) < 4.78 is 14.1. The molecule has 0 fully saturated rings. The molecule has 0 spiro atoms. The Morgan fingerprint density at radius 3 is 2.52 bits per heavy atom. The molecule has 7 heteroatoms. The van der Waals surface area contributed by atoms with Crippen LogP contribution in [0.4, 0.5) is 10.1 Å². The Hall–Kier alpha value is -2.54. The molecule has 0 radical (unpaired) electrons. The molecule has 0 aromatic heterocycles. The van der Waals surface area contributed by atoms with E-state index < -0.39 is 17.6 Å². The van der Waals surface area contributed by atoms with Crippen molar-refractivity contribution < 1.29 is 24.5 Å². The zero-order valence-corrected chi connectivity index (χ0v) is 13.2. The van der Waals surface area contributed by atoms with Crippen molar-refractivity contribution in [2.75, 3.05) is 4.90 Å². The zero-order chi connectivity index (χ0) is 16.7. The first kappa shape index (κ1) is 15.4. The average molecular weight is 380 g/mol. The number of benzene rings is 2. The molecule has 3 rings (SSSR count). The number of nitrogens with zero attached hydrogens (tertiary/aromatic N) is 1. The highest BCUT2D eigenvalue weighted by Gasteiger charge is 2.31. The van der Waals surface area contributed by atoms with Crippen LogP contribution in [0.5, 0.6) is 17.2 Å². The maximum atomic E-state index is 13.6. The molecule has 1 aliphatic rings. The molecule has 118 valence electrons. The lowest BCUT2D eigenvalue weighted by atomic mass is 9.95. The number of hydrogen-bond donors (Lipinski definition) is 3. The van der Waals surface area contributed by atoms with Crippen LogP contribution in [0.15, 0.2) is 36.5 Å². The molecule has 5 nitrogen and oxygen atoms in total. The summed E-state index contributed by atoms with van der Waals surface area (Å²) in [5, 5.41) is 29.0. The third-order valence-electron chi connectivity index (χ3n) is 3.61. The number of rotatable bonds is 2. The maximum Gasteiger partial charge on any atom is 0.166 e. The van der Waals surface area contributed by atoms with Gasteiger partial charge in [0.1, 0.15) is 23.8 Å². The highest BCUT2D eigenvalue weighted by molar-refractivity contribution is 9.15. The minimum Gasteiger partial charge on any atom is -0.508 e. The van der Waals surface area contributed by atoms with Crippen LogP contribution in [0.3, 0.4) is 0 Å². The smallest absolute Gasteiger partial charge is 0.166 e. The van der Waals surface area contributed by atoms with E-state index in [-0.39, 0.29) is 11.5 Å². The summed E-state index contributed by atoms with van der Waals surface area (Å²) in [6.45, 7) is 0. The number of fused-ring (bicyclic) bond motifs is 1. The zero-order valence-electron chi connectivity index (χ0n) is 11.6. The summed E-state index contributed by atoms with van der Waals surface area (Å²) in [5.41, 5.74) is 1.09. The van der Waals surface area contributed by atoms with E-state index in [1.54, 1.807) is 6.20 Å². The third-order valence-corrected chi connectivity index (χ3v) is 4.24. The number of halogens is 2. The monoisotopic (exact) mass is 379 g/mol. The molecule has 1 atom stereocenters. The Morgan fingerprint density at radius 1 is 1.13 bits per heavy atom. The van der Waals surface area contributed by atoms with Gasteiger partial charge in [-0.3, -0.25) is 0 Å². The number of phenolic OH excluding ortho intramolecular Hbond substituents is 3. The predicted molar refractivity (Wildman–Crippen MR) is 86.0 cm³/mol. The maximum absolute atomic E-state index is 13.6. The van der Waals surface area contributed by atoms with E-state index >= 15 is 0 Å². The lowest BCUT2D eigenvalue weighted by Gasteiger charge is -2.33. The number of carbonyl (C=O) groups is 1. The average Bonchev–Trinajstić information content (AvgIpc) is 2.50. The van der Waals surface area contributed by atoms with E-state index in [0.29, 0.717) is 27.6 Å². The fourth-order valence-electron chi connectivity index (χ4n) is 2.57. The van der Waals surface area contributed by atoms with Gasteiger partial charge in [-0.25, -0.2) is 4.39 Å². The molecule has 2 aromatic carbocycles. The number of phenols is 3. The molecule has 1 aliphatic heterocycles. The fourth-order valence-corrected chi connectivity index (χ4v) is 3.12. The molecular weight excluding hydrogens is 369 g/mol. The van der Waals surface area contributed by atoms with E-state index in [4.69, 9.17) is 0 Å². The van der Waals surface area contributed by atoms with Crippen LogP contribution in [-0.2, 0) is 4.79 Å². The first-order chi connectivity index (χ1) is 10.9. The molecule has 1 heterocycles. The van der Waals surface area contributed by atoms with E-state index in [2.05, 4.69) is 15.9 Å². The van der Waals surface area contributed by atoms with Crippen LogP contribution in [0.2, 0.25) is 0 Å². The van der Waals surface area contributed by atoms with Crippen molar-refractivity contribution in [2.24, 2.45) is 0 Å². The molecule has 0 bridgehead atoms. The summed E-state index contributed by atoms with van der Waals surface area (Å²) in [4.78, 5) is 13.1. The van der Waals surface area contributed by atoms with Gasteiger partial charge in [0.05, 0.1) is 0 Å². The van der Waals surface area contributed by atoms with Crippen LogP contribution in [0.25, 0.3) is 4.48 Å². The van der Waals surface area contributed by atoms with Gasteiger partial charge in [-0.2, -0.15) is 0 Å². The second-order valence-electron chi connectivity index (χ2n) is 5.03. The van der Waals surface area contributed by atoms with E-state index in [1.165, 1.54) is 23.1 Å². The topological polar surface area (TPSA) is 81.0 Å². The lowest BCUT2D eigenvalue weighted by Crippen LogP contribution is -2.28. The summed E-state index contributed by atoms with van der Waals surface area (Å²) in [6, 6.07) is 5.37. The molecule has 3 N–H and O–H groups in total. The summed E-state index contributed by atoms with van der Waals surface area (Å²) in [7, 11) is 0.